The fourth-order valence-corrected chi connectivity index (χ4v) is 6.96. The quantitative estimate of drug-likeness (QED) is 0.194. The Morgan fingerprint density at radius 1 is 0.435 bits per heavy atom. The normalized spacial score (nSPS) is 11.5. The Morgan fingerprint density at radius 2 is 1.07 bits per heavy atom. The molecule has 46 heavy (non-hydrogen) atoms. The van der Waals surface area contributed by atoms with E-state index in [9.17, 15) is 0 Å². The zero-order chi connectivity index (χ0) is 30.5. The van der Waals surface area contributed by atoms with Crippen molar-refractivity contribution >= 4 is 43.5 Å². The predicted octanol–water partition coefficient (Wildman–Crippen LogP) is 10.7. The molecule has 0 saturated heterocycles. The summed E-state index contributed by atoms with van der Waals surface area (Å²) >= 11 is 1.67. The minimum absolute atomic E-state index is 0.586. The molecular weight excluding hydrogens is 585 g/mol. The van der Waals surface area contributed by atoms with Crippen LogP contribution >= 0.6 is 11.3 Å². The van der Waals surface area contributed by atoms with Gasteiger partial charge in [-0.05, 0) is 35.9 Å². The highest BCUT2D eigenvalue weighted by molar-refractivity contribution is 7.21. The molecule has 0 amide bonds. The molecule has 5 nitrogen and oxygen atoms in total. The molecule has 9 rings (SSSR count). The molecule has 0 aliphatic carbocycles. The fourth-order valence-electron chi connectivity index (χ4n) is 5.96. The lowest BCUT2D eigenvalue weighted by atomic mass is 10.0. The number of hydrogen-bond donors (Lipinski definition) is 0. The molecular formula is C40H24N4OS. The van der Waals surface area contributed by atoms with Crippen molar-refractivity contribution in [3.63, 3.8) is 0 Å². The monoisotopic (exact) mass is 608 g/mol. The Hall–Kier alpha value is -5.98. The van der Waals surface area contributed by atoms with Gasteiger partial charge in [0.15, 0.2) is 17.5 Å². The molecule has 0 radical (unpaired) electrons. The minimum Gasteiger partial charge on any atom is -0.455 e. The van der Waals surface area contributed by atoms with Gasteiger partial charge in [-0.1, -0.05) is 115 Å². The van der Waals surface area contributed by atoms with Crippen LogP contribution < -0.4 is 0 Å². The summed E-state index contributed by atoms with van der Waals surface area (Å²) in [5, 5.41) is 3.03. The topological polar surface area (TPSA) is 64.7 Å². The van der Waals surface area contributed by atoms with Crippen LogP contribution in [0.4, 0.5) is 0 Å². The number of para-hydroxylation sites is 2. The number of aromatic nitrogens is 4. The van der Waals surface area contributed by atoms with Crippen LogP contribution in [-0.4, -0.2) is 19.9 Å². The first-order chi connectivity index (χ1) is 22.8. The van der Waals surface area contributed by atoms with Gasteiger partial charge in [-0.3, -0.25) is 0 Å². The molecule has 0 spiro atoms. The highest BCUT2D eigenvalue weighted by Crippen LogP contribution is 2.39. The van der Waals surface area contributed by atoms with Gasteiger partial charge in [0.2, 0.25) is 0 Å². The maximum atomic E-state index is 6.44. The van der Waals surface area contributed by atoms with E-state index in [0.717, 1.165) is 70.5 Å². The van der Waals surface area contributed by atoms with Crippen molar-refractivity contribution < 1.29 is 4.42 Å². The lowest BCUT2D eigenvalue weighted by molar-refractivity contribution is 0.670. The number of fused-ring (bicyclic) bond motifs is 4. The molecule has 6 heteroatoms. The maximum absolute atomic E-state index is 6.44. The van der Waals surface area contributed by atoms with E-state index in [0.29, 0.717) is 17.5 Å². The predicted molar refractivity (Wildman–Crippen MR) is 187 cm³/mol. The molecule has 0 aliphatic rings. The lowest BCUT2D eigenvalue weighted by Gasteiger charge is -2.09. The Bertz CT molecular complexity index is 2520. The van der Waals surface area contributed by atoms with Crippen molar-refractivity contribution in [3.8, 4) is 55.9 Å². The average Bonchev–Trinajstić information content (AvgIpc) is 3.74. The maximum Gasteiger partial charge on any atom is 0.166 e. The SMILES string of the molecule is c1ccc(-c2nc(-c3ccc4oc5c(-c6ccccc6)cccc5c4c3)nc(-c3cccc4sc(-c5ccccc5)nc34)n2)cc1. The summed E-state index contributed by atoms with van der Waals surface area (Å²) in [6.45, 7) is 0. The molecule has 3 heterocycles. The van der Waals surface area contributed by atoms with Crippen LogP contribution in [0.15, 0.2) is 150 Å². The lowest BCUT2D eigenvalue weighted by Crippen LogP contribution is -2.00. The van der Waals surface area contributed by atoms with Crippen molar-refractivity contribution in [2.75, 3.05) is 0 Å². The number of hydrogen-bond acceptors (Lipinski definition) is 6. The van der Waals surface area contributed by atoms with E-state index in [2.05, 4.69) is 54.6 Å². The molecule has 6 aromatic carbocycles. The van der Waals surface area contributed by atoms with E-state index >= 15 is 0 Å². The van der Waals surface area contributed by atoms with Crippen molar-refractivity contribution in [3.05, 3.63) is 146 Å². The molecule has 0 unspecified atom stereocenters. The van der Waals surface area contributed by atoms with Gasteiger partial charge in [0.05, 0.1) is 10.2 Å². The molecule has 0 fully saturated rings. The number of nitrogens with zero attached hydrogens (tertiary/aromatic N) is 4. The standard InChI is InChI=1S/C40H24N4OS/c1-4-12-25(13-5-1)29-18-10-19-30-32-24-28(22-23-33(32)45-36(29)30)38-42-37(26-14-6-2-7-15-26)43-39(44-38)31-20-11-21-34-35(31)41-40(46-34)27-16-8-3-9-17-27/h1-24H. The Morgan fingerprint density at radius 3 is 1.83 bits per heavy atom. The van der Waals surface area contributed by atoms with Gasteiger partial charge in [0.1, 0.15) is 16.2 Å². The second-order valence-electron chi connectivity index (χ2n) is 11.1. The third-order valence-corrected chi connectivity index (χ3v) is 9.26. The van der Waals surface area contributed by atoms with Crippen LogP contribution in [0.2, 0.25) is 0 Å². The van der Waals surface area contributed by atoms with E-state index in [-0.39, 0.29) is 0 Å². The van der Waals surface area contributed by atoms with Crippen LogP contribution in [0.3, 0.4) is 0 Å². The number of benzene rings is 6. The molecule has 9 aromatic rings. The summed E-state index contributed by atoms with van der Waals surface area (Å²) in [4.78, 5) is 20.2. The van der Waals surface area contributed by atoms with Gasteiger partial charge in [-0.15, -0.1) is 11.3 Å². The van der Waals surface area contributed by atoms with Gasteiger partial charge in [0.25, 0.3) is 0 Å². The summed E-state index contributed by atoms with van der Waals surface area (Å²) in [6.07, 6.45) is 0. The number of rotatable bonds is 5. The molecule has 0 N–H and O–H groups in total. The van der Waals surface area contributed by atoms with Crippen molar-refractivity contribution in [2.45, 2.75) is 0 Å². The second kappa shape index (κ2) is 10.9. The highest BCUT2D eigenvalue weighted by atomic mass is 32.1. The summed E-state index contributed by atoms with van der Waals surface area (Å²) in [7, 11) is 0. The van der Waals surface area contributed by atoms with Crippen molar-refractivity contribution in [1.82, 2.24) is 19.9 Å². The zero-order valence-electron chi connectivity index (χ0n) is 24.5. The summed E-state index contributed by atoms with van der Waals surface area (Å²) in [6, 6.07) is 49.3. The van der Waals surface area contributed by atoms with E-state index in [4.69, 9.17) is 24.4 Å². The van der Waals surface area contributed by atoms with Gasteiger partial charge in [-0.2, -0.15) is 0 Å². The van der Waals surface area contributed by atoms with E-state index in [1.165, 1.54) is 0 Å². The zero-order valence-corrected chi connectivity index (χ0v) is 25.3. The van der Waals surface area contributed by atoms with Crippen molar-refractivity contribution in [2.24, 2.45) is 0 Å². The molecule has 0 bridgehead atoms. The van der Waals surface area contributed by atoms with Gasteiger partial charge in [-0.25, -0.2) is 19.9 Å². The van der Waals surface area contributed by atoms with Gasteiger partial charge in [0, 0.05) is 38.6 Å². The van der Waals surface area contributed by atoms with E-state index in [1.807, 2.05) is 91.0 Å². The third kappa shape index (κ3) is 4.55. The van der Waals surface area contributed by atoms with Gasteiger partial charge < -0.3 is 4.42 Å². The number of furan rings is 1. The number of thiazole rings is 1. The summed E-state index contributed by atoms with van der Waals surface area (Å²) in [5.74, 6) is 1.79. The Balaban J connectivity index is 1.23. The largest absolute Gasteiger partial charge is 0.455 e. The van der Waals surface area contributed by atoms with Crippen LogP contribution in [0.1, 0.15) is 0 Å². The van der Waals surface area contributed by atoms with Gasteiger partial charge >= 0.3 is 0 Å². The third-order valence-electron chi connectivity index (χ3n) is 8.19. The molecule has 0 saturated carbocycles. The molecule has 0 atom stereocenters. The molecule has 3 aromatic heterocycles. The first kappa shape index (κ1) is 26.4. The van der Waals surface area contributed by atoms with Crippen LogP contribution in [0, 0.1) is 0 Å². The smallest absolute Gasteiger partial charge is 0.166 e. The molecule has 216 valence electrons. The average molecular weight is 609 g/mol. The van der Waals surface area contributed by atoms with E-state index < -0.39 is 0 Å². The van der Waals surface area contributed by atoms with Crippen LogP contribution in [0.5, 0.6) is 0 Å². The Kier molecular flexibility index (Phi) is 6.25. The second-order valence-corrected chi connectivity index (χ2v) is 12.1. The van der Waals surface area contributed by atoms with Crippen molar-refractivity contribution in [1.29, 1.82) is 0 Å². The van der Waals surface area contributed by atoms with Crippen LogP contribution in [-0.2, 0) is 0 Å². The molecule has 0 aliphatic heterocycles. The van der Waals surface area contributed by atoms with E-state index in [1.54, 1.807) is 11.3 Å². The fraction of sp³-hybridized carbons (Fsp3) is 0. The highest BCUT2D eigenvalue weighted by Gasteiger charge is 2.18. The Labute approximate surface area is 268 Å². The minimum atomic E-state index is 0.586. The first-order valence-corrected chi connectivity index (χ1v) is 15.9. The summed E-state index contributed by atoms with van der Waals surface area (Å²) in [5.41, 5.74) is 8.52. The summed E-state index contributed by atoms with van der Waals surface area (Å²) < 4.78 is 7.53. The van der Waals surface area contributed by atoms with Crippen LogP contribution in [0.25, 0.3) is 88.0 Å². The first-order valence-electron chi connectivity index (χ1n) is 15.1.